The van der Waals surface area contributed by atoms with Gasteiger partial charge in [-0.3, -0.25) is 0 Å². The van der Waals surface area contributed by atoms with Crippen molar-refractivity contribution in [1.82, 2.24) is 0 Å². The summed E-state index contributed by atoms with van der Waals surface area (Å²) in [4.78, 5) is 28.2. The molecular weight excluding hydrogens is 709 g/mol. The van der Waals surface area contributed by atoms with Gasteiger partial charge in [-0.05, 0) is 87.3 Å². The smallest absolute Gasteiger partial charge is 0.455 e. The number of carbonyl (C=O) groups is 2. The molecule has 10 atom stereocenters. The van der Waals surface area contributed by atoms with Crippen LogP contribution in [0.15, 0.2) is 54.1 Å². The Morgan fingerprint density at radius 2 is 1.72 bits per heavy atom. The van der Waals surface area contributed by atoms with Crippen molar-refractivity contribution in [3.05, 3.63) is 59.7 Å². The van der Waals surface area contributed by atoms with Gasteiger partial charge in [-0.2, -0.15) is 0 Å². The summed E-state index contributed by atoms with van der Waals surface area (Å²) in [5, 5.41) is 0. The van der Waals surface area contributed by atoms with Gasteiger partial charge in [-0.25, -0.2) is 9.59 Å². The average molecular weight is 770 g/mol. The van der Waals surface area contributed by atoms with Crippen LogP contribution in [-0.2, 0) is 37.3 Å². The van der Waals surface area contributed by atoms with E-state index in [2.05, 4.69) is 68.1 Å². The first-order valence-electron chi connectivity index (χ1n) is 19.7. The molecule has 53 heavy (non-hydrogen) atoms. The van der Waals surface area contributed by atoms with Crippen LogP contribution in [0.2, 0.25) is 31.2 Å². The Hall–Kier alpha value is -2.33. The molecule has 0 amide bonds. The molecule has 1 aromatic rings. The number of carbonyl (C=O) groups excluding carboxylic acids is 2. The van der Waals surface area contributed by atoms with Gasteiger partial charge in [0.2, 0.25) is 9.04 Å². The number of esters is 1. The van der Waals surface area contributed by atoms with E-state index in [0.29, 0.717) is 24.8 Å². The molecule has 2 heterocycles. The Morgan fingerprint density at radius 1 is 1.04 bits per heavy atom. The minimum Gasteiger partial charge on any atom is -0.455 e. The third-order valence-corrected chi connectivity index (χ3v) is 19.0. The van der Waals surface area contributed by atoms with Gasteiger partial charge in [-0.1, -0.05) is 66.3 Å². The summed E-state index contributed by atoms with van der Waals surface area (Å²) in [6, 6.07) is 12.0. The average Bonchev–Trinajstić information content (AvgIpc) is 3.55. The van der Waals surface area contributed by atoms with Gasteiger partial charge >= 0.3 is 12.1 Å². The highest BCUT2D eigenvalue weighted by Crippen LogP contribution is 2.67. The second-order valence-electron chi connectivity index (χ2n) is 16.6. The lowest BCUT2D eigenvalue weighted by atomic mass is 9.45. The summed E-state index contributed by atoms with van der Waals surface area (Å²) in [5.74, 6) is -1.12. The van der Waals surface area contributed by atoms with Crippen LogP contribution >= 0.6 is 0 Å². The lowest BCUT2D eigenvalue weighted by molar-refractivity contribution is -0.342. The molecule has 0 N–H and O–H groups in total. The Bertz CT molecular complexity index is 1550. The monoisotopic (exact) mass is 769 g/mol. The Balaban J connectivity index is 1.69. The molecule has 0 aromatic heterocycles. The molecule has 1 aromatic carbocycles. The van der Waals surface area contributed by atoms with Crippen molar-refractivity contribution in [3.8, 4) is 0 Å². The van der Waals surface area contributed by atoms with Crippen LogP contribution in [-0.4, -0.2) is 90.7 Å². The number of fused-ring (bicyclic) bond motifs is 8. The van der Waals surface area contributed by atoms with E-state index in [1.807, 2.05) is 18.2 Å². The second kappa shape index (κ2) is 15.0. The summed E-state index contributed by atoms with van der Waals surface area (Å²) in [6.07, 6.45) is -0.790. The molecule has 2 saturated heterocycles. The van der Waals surface area contributed by atoms with E-state index in [9.17, 15) is 9.59 Å². The van der Waals surface area contributed by atoms with Gasteiger partial charge in [0.1, 0.15) is 23.9 Å². The molecule has 9 unspecified atom stereocenters. The molecule has 2 aliphatic heterocycles. The summed E-state index contributed by atoms with van der Waals surface area (Å²) in [6.45, 7) is 25.8. The number of hydrogen-bond donors (Lipinski definition) is 0. The fraction of sp³-hybridized carbons (Fsp3) is 0.707. The normalized spacial score (nSPS) is 37.3. The minimum absolute atomic E-state index is 0.116. The maximum absolute atomic E-state index is 14.6. The van der Waals surface area contributed by atoms with Crippen LogP contribution in [0.4, 0.5) is 4.79 Å². The lowest BCUT2D eigenvalue weighted by Gasteiger charge is -2.69. The zero-order chi connectivity index (χ0) is 38.6. The minimum atomic E-state index is -2.20. The standard InChI is InChI=1S/C41H61O10Si2/c1-12-30-46-32-31-26(6)28(50-53(14-3,15-4)16-5)24-41(38(31,7)8,51-52(10)11)35(48-36(42)27-20-18-17-19-21-27)33-39(9,34(32)47-30)23-22-29-40(33,25-45-29)49-37(43)44-13-2/h12,17-21,28-30,32-35H,1,13-16,22-25H2,2-11H3/t28?,29?,30?,32?,33?,34?,35?,39-,40?,41?/m1/s1. The predicted molar refractivity (Wildman–Crippen MR) is 205 cm³/mol. The molecule has 12 heteroatoms. The fourth-order valence-corrected chi connectivity index (χ4v) is 14.7. The summed E-state index contributed by atoms with van der Waals surface area (Å²) < 4.78 is 54.2. The fourth-order valence-electron chi connectivity index (χ4n) is 10.7. The Labute approximate surface area is 319 Å². The third-order valence-electron chi connectivity index (χ3n) is 13.6. The molecule has 10 nitrogen and oxygen atoms in total. The lowest BCUT2D eigenvalue weighted by Crippen LogP contribution is -2.80. The third kappa shape index (κ3) is 6.41. The van der Waals surface area contributed by atoms with Crippen LogP contribution in [0.25, 0.3) is 0 Å². The highest BCUT2D eigenvalue weighted by atomic mass is 28.4. The first kappa shape index (κ1) is 40.3. The summed E-state index contributed by atoms with van der Waals surface area (Å²) in [7, 11) is -3.68. The largest absolute Gasteiger partial charge is 0.509 e. The molecule has 6 rings (SSSR count). The highest BCUT2D eigenvalue weighted by Gasteiger charge is 2.77. The first-order chi connectivity index (χ1) is 25.1. The molecule has 4 fully saturated rings. The van der Waals surface area contributed by atoms with Crippen molar-refractivity contribution in [3.63, 3.8) is 0 Å². The Kier molecular flexibility index (Phi) is 11.4. The molecule has 1 radical (unpaired) electrons. The number of rotatable bonds is 12. The molecule has 2 saturated carbocycles. The van der Waals surface area contributed by atoms with Crippen molar-refractivity contribution in [1.29, 1.82) is 0 Å². The highest BCUT2D eigenvalue weighted by molar-refractivity contribution is 6.73. The van der Waals surface area contributed by atoms with Crippen molar-refractivity contribution >= 4 is 29.5 Å². The van der Waals surface area contributed by atoms with Gasteiger partial charge in [0.05, 0.1) is 36.9 Å². The number of hydrogen-bond acceptors (Lipinski definition) is 10. The van der Waals surface area contributed by atoms with E-state index in [-0.39, 0.29) is 19.3 Å². The SMILES string of the molecule is C=CC1OC2C3=C(C)C(O[Si](CC)(CC)CC)CC(O[Si](C)C)(C(OC(=O)c4ccccc4)C4C5(OC(=O)OCC)COC5CC[C@@]4(C)C2O1)C3(C)C. The zero-order valence-electron chi connectivity index (χ0n) is 33.5. The van der Waals surface area contributed by atoms with E-state index >= 15 is 0 Å². The molecule has 0 spiro atoms. The number of benzene rings is 1. The van der Waals surface area contributed by atoms with E-state index in [1.165, 1.54) is 0 Å². The van der Waals surface area contributed by atoms with Crippen LogP contribution in [0.3, 0.4) is 0 Å². The van der Waals surface area contributed by atoms with Gasteiger partial charge in [0.25, 0.3) is 0 Å². The van der Waals surface area contributed by atoms with E-state index in [0.717, 1.165) is 29.3 Å². The molecule has 2 bridgehead atoms. The molecule has 5 aliphatic rings. The molecular formula is C41H61O10Si2. The van der Waals surface area contributed by atoms with Gasteiger partial charge < -0.3 is 37.3 Å². The molecule has 3 aliphatic carbocycles. The van der Waals surface area contributed by atoms with Crippen molar-refractivity contribution < 1.29 is 46.9 Å². The van der Waals surface area contributed by atoms with Crippen molar-refractivity contribution in [2.45, 2.75) is 154 Å². The summed E-state index contributed by atoms with van der Waals surface area (Å²) in [5.41, 5.74) is -1.27. The van der Waals surface area contributed by atoms with E-state index < -0.39 is 88.1 Å². The molecule has 293 valence electrons. The topological polar surface area (TPSA) is 108 Å². The predicted octanol–water partition coefficient (Wildman–Crippen LogP) is 8.39. The van der Waals surface area contributed by atoms with Crippen LogP contribution in [0.1, 0.15) is 85.0 Å². The van der Waals surface area contributed by atoms with Crippen LogP contribution in [0, 0.1) is 16.7 Å². The van der Waals surface area contributed by atoms with E-state index in [4.69, 9.17) is 37.3 Å². The van der Waals surface area contributed by atoms with Gasteiger partial charge in [0, 0.05) is 17.3 Å². The van der Waals surface area contributed by atoms with Gasteiger partial charge in [0.15, 0.2) is 20.2 Å². The number of ether oxygens (including phenoxy) is 6. The quantitative estimate of drug-likeness (QED) is 0.117. The van der Waals surface area contributed by atoms with Gasteiger partial charge in [-0.15, -0.1) is 0 Å². The van der Waals surface area contributed by atoms with Crippen molar-refractivity contribution in [2.24, 2.45) is 16.7 Å². The Morgan fingerprint density at radius 3 is 2.28 bits per heavy atom. The van der Waals surface area contributed by atoms with Crippen molar-refractivity contribution in [2.75, 3.05) is 13.2 Å². The maximum Gasteiger partial charge on any atom is 0.509 e. The van der Waals surface area contributed by atoms with E-state index in [1.54, 1.807) is 25.1 Å². The summed E-state index contributed by atoms with van der Waals surface area (Å²) >= 11 is 0. The van der Waals surface area contributed by atoms with Crippen LogP contribution in [0.5, 0.6) is 0 Å². The first-order valence-corrected chi connectivity index (χ1v) is 24.6. The van der Waals surface area contributed by atoms with Crippen LogP contribution < -0.4 is 0 Å². The maximum atomic E-state index is 14.6. The second-order valence-corrected chi connectivity index (χ2v) is 23.4. The zero-order valence-corrected chi connectivity index (χ0v) is 35.5.